The zero-order chi connectivity index (χ0) is 4.99. The number of esters is 1. The Morgan fingerprint density at radius 2 is 2.29 bits per heavy atom. The van der Waals surface area contributed by atoms with Gasteiger partial charge in [-0.2, -0.15) is 13.5 Å². The average Bonchev–Trinajstić information content (AvgIpc) is 1.35. The van der Waals surface area contributed by atoms with Gasteiger partial charge in [0.1, 0.15) is 0 Å². The van der Waals surface area contributed by atoms with Gasteiger partial charge in [-0.05, 0) is 0 Å². The lowest BCUT2D eigenvalue weighted by Gasteiger charge is -1.83. The Morgan fingerprint density at radius 3 is 2.29 bits per heavy atom. The lowest BCUT2D eigenvalue weighted by Crippen LogP contribution is -1.87. The molecule has 0 fully saturated rings. The summed E-state index contributed by atoms with van der Waals surface area (Å²) in [5, 5.41) is 0. The zero-order valence-electron chi connectivity index (χ0n) is 4.10. The van der Waals surface area contributed by atoms with Gasteiger partial charge in [0.25, 0.3) is 0 Å². The van der Waals surface area contributed by atoms with Crippen LogP contribution in [0.2, 0.25) is 0 Å². The summed E-state index contributed by atoms with van der Waals surface area (Å²) in [4.78, 5) is 9.75. The molecule has 0 aliphatic rings. The van der Waals surface area contributed by atoms with E-state index in [9.17, 15) is 4.79 Å². The van der Waals surface area contributed by atoms with E-state index in [1.807, 2.05) is 0 Å². The van der Waals surface area contributed by atoms with Crippen LogP contribution in [0.4, 0.5) is 0 Å². The molecule has 0 N–H and O–H groups in total. The summed E-state index contributed by atoms with van der Waals surface area (Å²) in [6.45, 7) is 4.48. The molecule has 0 aromatic heterocycles. The van der Waals surface area contributed by atoms with Crippen molar-refractivity contribution in [3.63, 3.8) is 0 Å². The first-order valence-electron chi connectivity index (χ1n) is 1.55. The fourth-order valence-electron chi connectivity index (χ4n) is 0.117. The second-order valence-electron chi connectivity index (χ2n) is 0.776. The minimum absolute atomic E-state index is 0. The molecule has 0 amide bonds. The molecule has 0 radical (unpaired) electrons. The van der Waals surface area contributed by atoms with Gasteiger partial charge in [-0.15, -0.1) is 0 Å². The van der Waals surface area contributed by atoms with Gasteiger partial charge in [0.2, 0.25) is 0 Å². The Kier molecular flexibility index (Phi) is 7.75. The van der Waals surface area contributed by atoms with Gasteiger partial charge in [-0.3, -0.25) is 4.79 Å². The Balaban J connectivity index is 0. The van der Waals surface area contributed by atoms with Crippen LogP contribution in [-0.2, 0) is 9.53 Å². The molecule has 0 saturated heterocycles. The molecule has 0 spiro atoms. The van der Waals surface area contributed by atoms with Crippen LogP contribution in [0.1, 0.15) is 6.92 Å². The largest absolute Gasteiger partial charge is 0.435 e. The molecule has 0 rings (SSSR count). The van der Waals surface area contributed by atoms with Gasteiger partial charge in [0, 0.05) is 6.92 Å². The second kappa shape index (κ2) is 5.56. The van der Waals surface area contributed by atoms with E-state index in [-0.39, 0.29) is 19.5 Å². The van der Waals surface area contributed by atoms with E-state index in [4.69, 9.17) is 0 Å². The Bertz CT molecular complexity index is 70.1. The van der Waals surface area contributed by atoms with Crippen LogP contribution in [0.15, 0.2) is 12.8 Å². The van der Waals surface area contributed by atoms with Crippen molar-refractivity contribution in [1.29, 1.82) is 0 Å². The summed E-state index contributed by atoms with van der Waals surface area (Å²) in [6.07, 6.45) is 1.10. The number of carbonyl (C=O) groups excluding carboxylic acids is 1. The molecular weight excluding hydrogens is 112 g/mol. The van der Waals surface area contributed by atoms with Gasteiger partial charge >= 0.3 is 5.97 Å². The summed E-state index contributed by atoms with van der Waals surface area (Å²) in [7, 11) is 0. The van der Waals surface area contributed by atoms with Crippen LogP contribution in [0, 0.1) is 0 Å². The second-order valence-corrected chi connectivity index (χ2v) is 0.776. The maximum atomic E-state index is 9.75. The van der Waals surface area contributed by atoms with Crippen molar-refractivity contribution in [2.45, 2.75) is 6.92 Å². The summed E-state index contributed by atoms with van der Waals surface area (Å²) >= 11 is 0. The lowest BCUT2D eigenvalue weighted by atomic mass is 10.8. The van der Waals surface area contributed by atoms with E-state index < -0.39 is 0 Å². The molecule has 2 nitrogen and oxygen atoms in total. The quantitative estimate of drug-likeness (QED) is 0.378. The predicted octanol–water partition coefficient (Wildman–Crippen LogP) is 0.806. The number of ether oxygens (including phenoxy) is 1. The van der Waals surface area contributed by atoms with Crippen LogP contribution >= 0.6 is 13.5 Å². The normalized spacial score (nSPS) is 5.86. The molecule has 42 valence electrons. The molecule has 0 unspecified atom stereocenters. The van der Waals surface area contributed by atoms with E-state index in [1.54, 1.807) is 0 Å². The van der Waals surface area contributed by atoms with Crippen molar-refractivity contribution in [1.82, 2.24) is 0 Å². The van der Waals surface area contributed by atoms with Crippen molar-refractivity contribution in [3.8, 4) is 0 Å². The highest BCUT2D eigenvalue weighted by Gasteiger charge is 1.79. The Labute approximate surface area is 49.6 Å². The molecule has 7 heavy (non-hydrogen) atoms. The molecule has 3 heteroatoms. The average molecular weight is 120 g/mol. The van der Waals surface area contributed by atoms with Gasteiger partial charge in [-0.1, -0.05) is 6.58 Å². The lowest BCUT2D eigenvalue weighted by molar-refractivity contribution is -0.135. The van der Waals surface area contributed by atoms with Crippen molar-refractivity contribution in [2.75, 3.05) is 0 Å². The highest BCUT2D eigenvalue weighted by molar-refractivity contribution is 7.59. The van der Waals surface area contributed by atoms with Crippen LogP contribution < -0.4 is 0 Å². The van der Waals surface area contributed by atoms with Gasteiger partial charge in [0.15, 0.2) is 0 Å². The summed E-state index contributed by atoms with van der Waals surface area (Å²) in [5.41, 5.74) is 0. The smallest absolute Gasteiger partial charge is 0.307 e. The Morgan fingerprint density at radius 1 is 1.86 bits per heavy atom. The van der Waals surface area contributed by atoms with Gasteiger partial charge in [-0.25, -0.2) is 0 Å². The third-order valence-electron chi connectivity index (χ3n) is 0.249. The highest BCUT2D eigenvalue weighted by Crippen LogP contribution is 1.70. The maximum absolute atomic E-state index is 9.75. The highest BCUT2D eigenvalue weighted by atomic mass is 32.1. The topological polar surface area (TPSA) is 26.3 Å². The summed E-state index contributed by atoms with van der Waals surface area (Å²) in [6, 6.07) is 0. The van der Waals surface area contributed by atoms with E-state index in [0.717, 1.165) is 6.26 Å². The van der Waals surface area contributed by atoms with Crippen LogP contribution in [0.5, 0.6) is 0 Å². The molecular formula is C4H8O2S. The van der Waals surface area contributed by atoms with Crippen molar-refractivity contribution in [2.24, 2.45) is 0 Å². The van der Waals surface area contributed by atoms with E-state index in [0.29, 0.717) is 0 Å². The SMILES string of the molecule is C=COC(C)=O.S. The minimum Gasteiger partial charge on any atom is -0.435 e. The monoisotopic (exact) mass is 120 g/mol. The Hall–Kier alpha value is -0.440. The van der Waals surface area contributed by atoms with E-state index in [1.165, 1.54) is 6.92 Å². The third kappa shape index (κ3) is 10.8. The molecule has 0 aromatic carbocycles. The fraction of sp³-hybridized carbons (Fsp3) is 0.250. The van der Waals surface area contributed by atoms with E-state index in [2.05, 4.69) is 11.3 Å². The van der Waals surface area contributed by atoms with Crippen LogP contribution in [0.25, 0.3) is 0 Å². The number of hydrogen-bond acceptors (Lipinski definition) is 2. The van der Waals surface area contributed by atoms with Crippen molar-refractivity contribution >= 4 is 19.5 Å². The minimum atomic E-state index is -0.329. The molecule has 0 aliphatic heterocycles. The fourth-order valence-corrected chi connectivity index (χ4v) is 0.117. The summed E-state index contributed by atoms with van der Waals surface area (Å²) in [5.74, 6) is -0.329. The van der Waals surface area contributed by atoms with Gasteiger partial charge < -0.3 is 4.74 Å². The molecule has 0 saturated carbocycles. The third-order valence-corrected chi connectivity index (χ3v) is 0.249. The van der Waals surface area contributed by atoms with E-state index >= 15 is 0 Å². The maximum Gasteiger partial charge on any atom is 0.307 e. The summed E-state index contributed by atoms with van der Waals surface area (Å²) < 4.78 is 4.17. The van der Waals surface area contributed by atoms with Gasteiger partial charge in [0.05, 0.1) is 6.26 Å². The van der Waals surface area contributed by atoms with Crippen molar-refractivity contribution in [3.05, 3.63) is 12.8 Å². The molecule has 0 atom stereocenters. The van der Waals surface area contributed by atoms with Crippen LogP contribution in [-0.4, -0.2) is 5.97 Å². The first kappa shape index (κ1) is 9.75. The number of hydrogen-bond donors (Lipinski definition) is 0. The molecule has 0 aliphatic carbocycles. The first-order valence-corrected chi connectivity index (χ1v) is 1.55. The molecule has 0 aromatic rings. The molecule has 0 heterocycles. The predicted molar refractivity (Wildman–Crippen MR) is 32.3 cm³/mol. The van der Waals surface area contributed by atoms with Crippen molar-refractivity contribution < 1.29 is 9.53 Å². The number of rotatable bonds is 1. The number of carbonyl (C=O) groups is 1. The van der Waals surface area contributed by atoms with Crippen LogP contribution in [0.3, 0.4) is 0 Å². The molecule has 0 bridgehead atoms. The first-order chi connectivity index (χ1) is 2.77. The standard InChI is InChI=1S/C4H6O2.H2S/c1-3-6-4(2)5;/h3H,1H2,2H3;1H2. The zero-order valence-corrected chi connectivity index (χ0v) is 5.10.